The van der Waals surface area contributed by atoms with Gasteiger partial charge >= 0.3 is 12.1 Å². The van der Waals surface area contributed by atoms with Crippen LogP contribution < -0.4 is 0 Å². The van der Waals surface area contributed by atoms with Gasteiger partial charge in [0.1, 0.15) is 5.60 Å². The zero-order valence-corrected chi connectivity index (χ0v) is 15.6. The van der Waals surface area contributed by atoms with E-state index in [1.54, 1.807) is 41.5 Å². The molecule has 0 aliphatic carbocycles. The summed E-state index contributed by atoms with van der Waals surface area (Å²) in [4.78, 5) is 24.7. The van der Waals surface area contributed by atoms with Gasteiger partial charge in [-0.1, -0.05) is 0 Å². The van der Waals surface area contributed by atoms with Gasteiger partial charge in [0, 0.05) is 0 Å². The number of esters is 1. The lowest BCUT2D eigenvalue weighted by Crippen LogP contribution is -2.33. The Hall–Kier alpha value is -1.37. The number of hydrogen-bond acceptors (Lipinski definition) is 7. The molecule has 0 N–H and O–H groups in total. The Morgan fingerprint density at radius 2 is 1.70 bits per heavy atom. The largest absolute Gasteiger partial charge is 0.465 e. The van der Waals surface area contributed by atoms with E-state index in [2.05, 4.69) is 5.10 Å². The fourth-order valence-corrected chi connectivity index (χ4v) is 4.71. The minimum atomic E-state index is -3.24. The van der Waals surface area contributed by atoms with E-state index in [9.17, 15) is 9.59 Å². The number of nitrogens with zero attached hydrogens (tertiary/aromatic N) is 2. The molecule has 0 aromatic carbocycles. The summed E-state index contributed by atoms with van der Waals surface area (Å²) >= 11 is 0. The summed E-state index contributed by atoms with van der Waals surface area (Å²) in [6.07, 6.45) is -0.731. The topological polar surface area (TPSA) is 86.7 Å². The van der Waals surface area contributed by atoms with Crippen LogP contribution in [0.1, 0.15) is 41.5 Å². The highest BCUT2D eigenvalue weighted by atomic mass is 31.2. The van der Waals surface area contributed by atoms with Crippen molar-refractivity contribution in [1.82, 2.24) is 4.78 Å². The predicted molar refractivity (Wildman–Crippen MR) is 88.4 cm³/mol. The molecule has 1 amide bonds. The van der Waals surface area contributed by atoms with Gasteiger partial charge in [0.2, 0.25) is 0 Å². The Bertz CT molecular complexity index is 554. The predicted octanol–water partition coefficient (Wildman–Crippen LogP) is 2.79. The highest BCUT2D eigenvalue weighted by Crippen LogP contribution is 2.58. The Balaban J connectivity index is 3.47. The molecule has 0 spiro atoms. The van der Waals surface area contributed by atoms with Crippen molar-refractivity contribution in [2.75, 3.05) is 20.3 Å². The lowest BCUT2D eigenvalue weighted by atomic mass is 10.2. The lowest BCUT2D eigenvalue weighted by Gasteiger charge is -2.31. The summed E-state index contributed by atoms with van der Waals surface area (Å²) in [5, 5.41) is 4.28. The third kappa shape index (κ3) is 4.13. The van der Waals surface area contributed by atoms with Gasteiger partial charge in [0.05, 0.1) is 26.0 Å². The Morgan fingerprint density at radius 3 is 2.09 bits per heavy atom. The smallest absolute Gasteiger partial charge is 0.438 e. The second-order valence-corrected chi connectivity index (χ2v) is 8.03. The van der Waals surface area contributed by atoms with E-state index in [1.807, 2.05) is 0 Å². The zero-order chi connectivity index (χ0) is 17.8. The Kier molecular flexibility index (Phi) is 6.39. The van der Waals surface area contributed by atoms with Gasteiger partial charge in [0.25, 0.3) is 7.49 Å². The molecule has 132 valence electrons. The first-order valence-electron chi connectivity index (χ1n) is 7.36. The molecular weight excluding hydrogens is 323 g/mol. The molecule has 0 fully saturated rings. The number of carbonyl (C=O) groups is 2. The van der Waals surface area contributed by atoms with Crippen LogP contribution in [0.15, 0.2) is 5.10 Å². The van der Waals surface area contributed by atoms with Crippen LogP contribution in [0.25, 0.3) is 0 Å². The minimum absolute atomic E-state index is 0.134. The van der Waals surface area contributed by atoms with Crippen LogP contribution in [0.2, 0.25) is 0 Å². The molecule has 0 unspecified atom stereocenters. The molecular formula is C14H25N2O6P. The first-order chi connectivity index (χ1) is 10.6. The maximum Gasteiger partial charge on any atom is 0.438 e. The van der Waals surface area contributed by atoms with Crippen LogP contribution >= 0.6 is 7.49 Å². The number of ether oxygens (including phenoxy) is 2. The highest BCUT2D eigenvalue weighted by molar-refractivity contribution is 7.70. The van der Waals surface area contributed by atoms with E-state index in [1.165, 1.54) is 7.11 Å². The average Bonchev–Trinajstić information content (AvgIpc) is 2.70. The van der Waals surface area contributed by atoms with Crippen molar-refractivity contribution in [3.05, 3.63) is 0 Å². The number of hydrazone groups is 1. The van der Waals surface area contributed by atoms with E-state index in [0.29, 0.717) is 5.71 Å². The summed E-state index contributed by atoms with van der Waals surface area (Å²) < 4.78 is 22.7. The summed E-state index contributed by atoms with van der Waals surface area (Å²) in [5.41, 5.74) is -0.402. The van der Waals surface area contributed by atoms with Crippen molar-refractivity contribution in [3.8, 4) is 0 Å². The third-order valence-electron chi connectivity index (χ3n) is 2.66. The monoisotopic (exact) mass is 348 g/mol. The first-order valence-corrected chi connectivity index (χ1v) is 8.93. The number of hydrogen-bond donors (Lipinski definition) is 0. The second-order valence-electron chi connectivity index (χ2n) is 5.65. The third-order valence-corrected chi connectivity index (χ3v) is 5.70. The van der Waals surface area contributed by atoms with Crippen LogP contribution in [-0.2, 0) is 23.3 Å². The molecule has 1 aliphatic heterocycles. The molecule has 1 rings (SSSR count). The molecule has 0 bridgehead atoms. The van der Waals surface area contributed by atoms with E-state index in [-0.39, 0.29) is 18.5 Å². The zero-order valence-electron chi connectivity index (χ0n) is 14.7. The average molecular weight is 348 g/mol. The molecule has 0 aromatic heterocycles. The second kappa shape index (κ2) is 7.47. The van der Waals surface area contributed by atoms with E-state index in [0.717, 1.165) is 4.78 Å². The molecule has 0 aromatic rings. The van der Waals surface area contributed by atoms with Gasteiger partial charge in [-0.05, 0) is 41.5 Å². The maximum absolute atomic E-state index is 12.5. The fraction of sp³-hybridized carbons (Fsp3) is 0.714. The highest BCUT2D eigenvalue weighted by Gasteiger charge is 2.47. The Labute approximate surface area is 136 Å². The quantitative estimate of drug-likeness (QED) is 0.561. The van der Waals surface area contributed by atoms with Crippen molar-refractivity contribution in [2.45, 2.75) is 47.1 Å². The molecule has 9 heteroatoms. The van der Waals surface area contributed by atoms with Crippen molar-refractivity contribution < 1.29 is 28.1 Å². The molecule has 8 nitrogen and oxygen atoms in total. The van der Waals surface area contributed by atoms with Gasteiger partial charge in [-0.15, -0.1) is 4.78 Å². The fourth-order valence-electron chi connectivity index (χ4n) is 1.98. The maximum atomic E-state index is 12.5. The molecule has 0 saturated heterocycles. The molecule has 0 saturated carbocycles. The molecule has 23 heavy (non-hydrogen) atoms. The van der Waals surface area contributed by atoms with Gasteiger partial charge in [0.15, 0.2) is 5.29 Å². The van der Waals surface area contributed by atoms with Crippen LogP contribution in [-0.4, -0.2) is 53.8 Å². The summed E-state index contributed by atoms with van der Waals surface area (Å²) in [6.45, 7) is 10.8. The summed E-state index contributed by atoms with van der Waals surface area (Å²) in [7, 11) is -1.99. The number of carbonyl (C=O) groups excluding carboxylic acids is 2. The number of rotatable bonds is 5. The van der Waals surface area contributed by atoms with Gasteiger partial charge < -0.3 is 18.5 Å². The van der Waals surface area contributed by atoms with Crippen LogP contribution in [0, 0.1) is 0 Å². The summed E-state index contributed by atoms with van der Waals surface area (Å²) in [5.74, 6) is -0.632. The van der Waals surface area contributed by atoms with Crippen LogP contribution in [0.4, 0.5) is 4.79 Å². The normalized spacial score (nSPS) is 17.1. The van der Waals surface area contributed by atoms with E-state index < -0.39 is 25.2 Å². The number of methoxy groups -OCH3 is 1. The van der Waals surface area contributed by atoms with Gasteiger partial charge in [-0.25, -0.2) is 9.59 Å². The molecule has 1 aliphatic rings. The lowest BCUT2D eigenvalue weighted by molar-refractivity contribution is -0.132. The number of amides is 1. The SMILES string of the molecule is CCOP1(OCC)=C(C(=O)OC)C(C)=NN1C(=O)OC(C)(C)C. The van der Waals surface area contributed by atoms with Crippen molar-refractivity contribution >= 4 is 30.6 Å². The summed E-state index contributed by atoms with van der Waals surface area (Å²) in [6, 6.07) is 0. The molecule has 0 atom stereocenters. The van der Waals surface area contributed by atoms with Gasteiger partial charge in [-0.2, -0.15) is 5.10 Å². The van der Waals surface area contributed by atoms with Crippen molar-refractivity contribution in [2.24, 2.45) is 5.10 Å². The van der Waals surface area contributed by atoms with Crippen molar-refractivity contribution in [1.29, 1.82) is 0 Å². The van der Waals surface area contributed by atoms with Gasteiger partial charge in [-0.3, -0.25) is 0 Å². The van der Waals surface area contributed by atoms with E-state index in [4.69, 9.17) is 18.5 Å². The van der Waals surface area contributed by atoms with Crippen LogP contribution in [0.3, 0.4) is 0 Å². The molecule has 1 heterocycles. The van der Waals surface area contributed by atoms with Crippen LogP contribution in [0.5, 0.6) is 0 Å². The molecule has 0 radical (unpaired) electrons. The first kappa shape index (κ1) is 19.7. The standard InChI is InChI=1S/C14H25N2O6P/c1-8-20-23(21-9-2)11(12(17)19-7)10(3)15-16(23)13(18)22-14(4,5)6/h8-9H2,1-7H3. The van der Waals surface area contributed by atoms with E-state index >= 15 is 0 Å². The Morgan fingerprint density at radius 1 is 1.17 bits per heavy atom. The van der Waals surface area contributed by atoms with Crippen molar-refractivity contribution in [3.63, 3.8) is 0 Å². The minimum Gasteiger partial charge on any atom is -0.465 e.